The van der Waals surface area contributed by atoms with Crippen LogP contribution < -0.4 is 0 Å². The van der Waals surface area contributed by atoms with Crippen LogP contribution in [0.2, 0.25) is 0 Å². The summed E-state index contributed by atoms with van der Waals surface area (Å²) >= 11 is 3.43. The van der Waals surface area contributed by atoms with Crippen molar-refractivity contribution in [2.75, 3.05) is 20.3 Å². The molecule has 2 aromatic rings. The Kier molecular flexibility index (Phi) is 5.77. The van der Waals surface area contributed by atoms with E-state index in [1.165, 1.54) is 12.0 Å². The predicted molar refractivity (Wildman–Crippen MR) is 106 cm³/mol. The fraction of sp³-hybridized carbons (Fsp3) is 0.238. The number of ketones is 1. The van der Waals surface area contributed by atoms with Crippen molar-refractivity contribution in [2.45, 2.75) is 13.0 Å². The molecule has 0 radical (unpaired) electrons. The van der Waals surface area contributed by atoms with E-state index in [-0.39, 0.29) is 17.9 Å². The van der Waals surface area contributed by atoms with Crippen molar-refractivity contribution >= 4 is 33.4 Å². The third-order valence-corrected chi connectivity index (χ3v) is 5.06. The number of carbonyl (C=O) groups excluding carboxylic acids is 2. The number of nitrogens with zero attached hydrogens (tertiary/aromatic N) is 1. The van der Waals surface area contributed by atoms with Gasteiger partial charge in [0, 0.05) is 23.7 Å². The summed E-state index contributed by atoms with van der Waals surface area (Å²) in [5, 5.41) is 10.9. The van der Waals surface area contributed by atoms with Crippen molar-refractivity contribution in [3.63, 3.8) is 0 Å². The second-order valence-electron chi connectivity index (χ2n) is 6.41. The average Bonchev–Trinajstić information content (AvgIpc) is 2.91. The molecule has 6 heteroatoms. The lowest BCUT2D eigenvalue weighted by Crippen LogP contribution is -2.32. The minimum Gasteiger partial charge on any atom is -0.507 e. The molecular formula is C21H20BrNO4. The van der Waals surface area contributed by atoms with Crippen LogP contribution >= 0.6 is 15.9 Å². The molecule has 3 rings (SSSR count). The van der Waals surface area contributed by atoms with Crippen molar-refractivity contribution in [3.8, 4) is 0 Å². The van der Waals surface area contributed by atoms with Gasteiger partial charge in [0.05, 0.1) is 18.2 Å². The number of aryl methyl sites for hydroxylation is 1. The predicted octanol–water partition coefficient (Wildman–Crippen LogP) is 3.83. The van der Waals surface area contributed by atoms with Gasteiger partial charge in [-0.3, -0.25) is 9.59 Å². The number of methoxy groups -OCH3 is 1. The summed E-state index contributed by atoms with van der Waals surface area (Å²) < 4.78 is 5.92. The molecule has 0 aromatic heterocycles. The molecule has 1 aliphatic heterocycles. The Labute approximate surface area is 166 Å². The topological polar surface area (TPSA) is 66.8 Å². The van der Waals surface area contributed by atoms with E-state index >= 15 is 0 Å². The maximum atomic E-state index is 12.8. The van der Waals surface area contributed by atoms with E-state index in [1.54, 1.807) is 12.1 Å². The fourth-order valence-corrected chi connectivity index (χ4v) is 3.61. The maximum Gasteiger partial charge on any atom is 0.295 e. The van der Waals surface area contributed by atoms with E-state index in [9.17, 15) is 14.7 Å². The van der Waals surface area contributed by atoms with Gasteiger partial charge in [-0.15, -0.1) is 0 Å². The monoisotopic (exact) mass is 429 g/mol. The molecule has 0 aliphatic carbocycles. The number of Topliss-reactive ketones (excluding diaryl/α,β-unsaturated/α-hetero) is 1. The molecule has 1 N–H and O–H groups in total. The van der Waals surface area contributed by atoms with Gasteiger partial charge in [-0.2, -0.15) is 0 Å². The third kappa shape index (κ3) is 3.82. The lowest BCUT2D eigenvalue weighted by molar-refractivity contribution is -0.140. The molecule has 1 saturated heterocycles. The number of benzene rings is 2. The lowest BCUT2D eigenvalue weighted by atomic mass is 9.95. The fourth-order valence-electron chi connectivity index (χ4n) is 3.19. The molecule has 1 aliphatic rings. The Hall–Kier alpha value is -2.44. The summed E-state index contributed by atoms with van der Waals surface area (Å²) in [6.07, 6.45) is 0. The van der Waals surface area contributed by atoms with Crippen LogP contribution in [0, 0.1) is 6.92 Å². The van der Waals surface area contributed by atoms with Crippen molar-refractivity contribution in [3.05, 3.63) is 75.3 Å². The molecule has 140 valence electrons. The first-order valence-corrected chi connectivity index (χ1v) is 9.33. The average molecular weight is 430 g/mol. The van der Waals surface area contributed by atoms with E-state index in [2.05, 4.69) is 15.9 Å². The zero-order valence-electron chi connectivity index (χ0n) is 15.1. The van der Waals surface area contributed by atoms with Gasteiger partial charge in [0.15, 0.2) is 0 Å². The zero-order chi connectivity index (χ0) is 19.6. The van der Waals surface area contributed by atoms with Crippen LogP contribution in [0.3, 0.4) is 0 Å². The maximum absolute atomic E-state index is 12.8. The van der Waals surface area contributed by atoms with Crippen molar-refractivity contribution in [2.24, 2.45) is 0 Å². The van der Waals surface area contributed by atoms with Crippen LogP contribution in [-0.2, 0) is 14.3 Å². The van der Waals surface area contributed by atoms with Crippen LogP contribution in [0.1, 0.15) is 22.7 Å². The zero-order valence-corrected chi connectivity index (χ0v) is 16.7. The van der Waals surface area contributed by atoms with Gasteiger partial charge in [-0.05, 0) is 24.6 Å². The Balaban J connectivity index is 2.16. The highest BCUT2D eigenvalue weighted by Crippen LogP contribution is 2.39. The Bertz CT molecular complexity index is 905. The number of halogens is 1. The first-order valence-electron chi connectivity index (χ1n) is 8.54. The molecule has 27 heavy (non-hydrogen) atoms. The van der Waals surface area contributed by atoms with E-state index in [4.69, 9.17) is 4.74 Å². The van der Waals surface area contributed by atoms with Gasteiger partial charge in [0.2, 0.25) is 0 Å². The van der Waals surface area contributed by atoms with Gasteiger partial charge in [-0.25, -0.2) is 0 Å². The molecule has 1 fully saturated rings. The Morgan fingerprint density at radius 2 is 1.89 bits per heavy atom. The molecule has 1 atom stereocenters. The number of carbonyl (C=O) groups is 2. The van der Waals surface area contributed by atoms with Gasteiger partial charge in [0.25, 0.3) is 11.7 Å². The summed E-state index contributed by atoms with van der Waals surface area (Å²) in [4.78, 5) is 26.9. The molecule has 0 unspecified atom stereocenters. The van der Waals surface area contributed by atoms with Gasteiger partial charge in [0.1, 0.15) is 5.76 Å². The number of likely N-dealkylation sites (tertiary alicyclic amines) is 1. The molecular weight excluding hydrogens is 410 g/mol. The number of ether oxygens (including phenoxy) is 1. The number of aliphatic hydroxyl groups excluding tert-OH is 1. The first-order chi connectivity index (χ1) is 12.9. The number of hydrogen-bond donors (Lipinski definition) is 1. The van der Waals surface area contributed by atoms with Crippen molar-refractivity contribution < 1.29 is 19.4 Å². The van der Waals surface area contributed by atoms with Crippen LogP contribution in [0.4, 0.5) is 0 Å². The van der Waals surface area contributed by atoms with Crippen LogP contribution in [0.15, 0.2) is 58.6 Å². The normalized spacial score (nSPS) is 18.9. The Morgan fingerprint density at radius 1 is 1.19 bits per heavy atom. The lowest BCUT2D eigenvalue weighted by Gasteiger charge is -2.25. The number of hydrogen-bond acceptors (Lipinski definition) is 4. The SMILES string of the molecule is COCCN1C(=O)C(=O)/C(=C(/O)c2ccc(C)cc2)[C@H]1c1cccc(Br)c1. The highest BCUT2D eigenvalue weighted by molar-refractivity contribution is 9.10. The third-order valence-electron chi connectivity index (χ3n) is 4.57. The summed E-state index contributed by atoms with van der Waals surface area (Å²) in [6.45, 7) is 2.49. The van der Waals surface area contributed by atoms with E-state index in [1.807, 2.05) is 43.3 Å². The second-order valence-corrected chi connectivity index (χ2v) is 7.32. The van der Waals surface area contributed by atoms with E-state index < -0.39 is 17.7 Å². The van der Waals surface area contributed by atoms with Crippen molar-refractivity contribution in [1.29, 1.82) is 0 Å². The largest absolute Gasteiger partial charge is 0.507 e. The van der Waals surface area contributed by atoms with Gasteiger partial charge in [-0.1, -0.05) is 57.9 Å². The molecule has 0 saturated carbocycles. The van der Waals surface area contributed by atoms with Crippen LogP contribution in [-0.4, -0.2) is 42.0 Å². The quantitative estimate of drug-likeness (QED) is 0.445. The molecule has 5 nitrogen and oxygen atoms in total. The molecule has 1 amide bonds. The smallest absolute Gasteiger partial charge is 0.295 e. The minimum absolute atomic E-state index is 0.0954. The minimum atomic E-state index is -0.686. The second kappa shape index (κ2) is 8.06. The summed E-state index contributed by atoms with van der Waals surface area (Å²) in [5.41, 5.74) is 2.38. The van der Waals surface area contributed by atoms with Gasteiger partial charge < -0.3 is 14.7 Å². The standard InChI is InChI=1S/C21H20BrNO4/c1-13-6-8-14(9-7-13)19(24)17-18(15-4-3-5-16(22)12-15)23(10-11-27-2)21(26)20(17)25/h3-9,12,18,24H,10-11H2,1-2H3/b19-17+/t18-/m1/s1. The molecule has 0 bridgehead atoms. The van der Waals surface area contributed by atoms with Crippen LogP contribution in [0.25, 0.3) is 5.76 Å². The summed E-state index contributed by atoms with van der Waals surface area (Å²) in [5.74, 6) is -1.49. The molecule has 0 spiro atoms. The number of rotatable bonds is 5. The van der Waals surface area contributed by atoms with E-state index in [0.717, 1.165) is 15.6 Å². The molecule has 1 heterocycles. The number of amides is 1. The highest BCUT2D eigenvalue weighted by Gasteiger charge is 2.45. The van der Waals surface area contributed by atoms with Gasteiger partial charge >= 0.3 is 0 Å². The van der Waals surface area contributed by atoms with Crippen LogP contribution in [0.5, 0.6) is 0 Å². The Morgan fingerprint density at radius 3 is 2.52 bits per heavy atom. The first kappa shape index (κ1) is 19.3. The number of aliphatic hydroxyl groups is 1. The van der Waals surface area contributed by atoms with Crippen molar-refractivity contribution in [1.82, 2.24) is 4.90 Å². The molecule has 2 aromatic carbocycles. The van der Waals surface area contributed by atoms with E-state index in [0.29, 0.717) is 12.2 Å². The summed E-state index contributed by atoms with van der Waals surface area (Å²) in [6, 6.07) is 13.9. The summed E-state index contributed by atoms with van der Waals surface area (Å²) in [7, 11) is 1.54. The highest BCUT2D eigenvalue weighted by atomic mass is 79.9.